The first-order valence-corrected chi connectivity index (χ1v) is 6.71. The number of carbonyl (C=O) groups excluding carboxylic acids is 1. The van der Waals surface area contributed by atoms with E-state index in [4.69, 9.17) is 11.6 Å². The van der Waals surface area contributed by atoms with Crippen molar-refractivity contribution in [2.24, 2.45) is 0 Å². The molecule has 1 aromatic heterocycles. The molecule has 2 atom stereocenters. The molecule has 0 aromatic carbocycles. The minimum absolute atomic E-state index is 0.168. The van der Waals surface area contributed by atoms with Gasteiger partial charge < -0.3 is 10.2 Å². The van der Waals surface area contributed by atoms with Crippen LogP contribution in [0.15, 0.2) is 12.3 Å². The van der Waals surface area contributed by atoms with Crippen molar-refractivity contribution in [3.63, 3.8) is 0 Å². The molecule has 0 bridgehead atoms. The Bertz CT molecular complexity index is 491. The normalized spacial score (nSPS) is 26.6. The third-order valence-corrected chi connectivity index (χ3v) is 4.10. The first-order valence-electron chi connectivity index (χ1n) is 6.33. The highest BCUT2D eigenvalue weighted by atomic mass is 35.5. The largest absolute Gasteiger partial charge is 0.377 e. The van der Waals surface area contributed by atoms with Gasteiger partial charge in [0.2, 0.25) is 5.91 Å². The lowest BCUT2D eigenvalue weighted by atomic mass is 10.1. The molecule has 2 fully saturated rings. The second kappa shape index (κ2) is 4.43. The van der Waals surface area contributed by atoms with E-state index in [0.29, 0.717) is 17.6 Å². The summed E-state index contributed by atoms with van der Waals surface area (Å²) in [6.45, 7) is 2.89. The number of pyridine rings is 1. The Kier molecular flexibility index (Phi) is 2.90. The van der Waals surface area contributed by atoms with Crippen LogP contribution in [0.25, 0.3) is 0 Å². The molecule has 0 radical (unpaired) electrons. The molecule has 2 unspecified atom stereocenters. The van der Waals surface area contributed by atoms with E-state index < -0.39 is 0 Å². The Hall–Kier alpha value is -1.29. The fourth-order valence-corrected chi connectivity index (χ4v) is 3.12. The van der Waals surface area contributed by atoms with E-state index in [0.717, 1.165) is 30.6 Å². The van der Waals surface area contributed by atoms with Crippen LogP contribution in [0.5, 0.6) is 0 Å². The summed E-state index contributed by atoms with van der Waals surface area (Å²) in [5, 5.41) is 3.87. The standard InChI is InChI=1S/C13H16ClN3O/c1-8-5-10(13(14)15-7-8)16-9-6-12(18)17-4-2-3-11(9)17/h5,7,9,11,16H,2-4,6H2,1H3. The zero-order chi connectivity index (χ0) is 12.7. The molecule has 2 aliphatic heterocycles. The quantitative estimate of drug-likeness (QED) is 0.834. The number of nitrogens with zero attached hydrogens (tertiary/aromatic N) is 2. The Morgan fingerprint density at radius 3 is 3.22 bits per heavy atom. The van der Waals surface area contributed by atoms with Crippen molar-refractivity contribution in [3.8, 4) is 0 Å². The Balaban J connectivity index is 1.80. The average Bonchev–Trinajstić information content (AvgIpc) is 2.90. The van der Waals surface area contributed by atoms with Crippen molar-refractivity contribution in [2.45, 2.75) is 38.3 Å². The zero-order valence-electron chi connectivity index (χ0n) is 10.3. The lowest BCUT2D eigenvalue weighted by Gasteiger charge is -2.22. The topological polar surface area (TPSA) is 45.2 Å². The van der Waals surface area contributed by atoms with Gasteiger partial charge >= 0.3 is 0 Å². The highest BCUT2D eigenvalue weighted by Gasteiger charge is 2.42. The SMILES string of the molecule is Cc1cnc(Cl)c(NC2CC(=O)N3CCCC23)c1. The van der Waals surface area contributed by atoms with E-state index >= 15 is 0 Å². The van der Waals surface area contributed by atoms with E-state index in [1.165, 1.54) is 0 Å². The molecular formula is C13H16ClN3O. The van der Waals surface area contributed by atoms with Crippen LogP contribution in [0, 0.1) is 6.92 Å². The van der Waals surface area contributed by atoms with E-state index in [1.807, 2.05) is 17.9 Å². The lowest BCUT2D eigenvalue weighted by molar-refractivity contribution is -0.127. The van der Waals surface area contributed by atoms with Crippen LogP contribution in [0.3, 0.4) is 0 Å². The number of nitrogens with one attached hydrogen (secondary N) is 1. The summed E-state index contributed by atoms with van der Waals surface area (Å²) in [4.78, 5) is 18.0. The summed E-state index contributed by atoms with van der Waals surface area (Å²) in [5.41, 5.74) is 1.90. The van der Waals surface area contributed by atoms with Gasteiger partial charge in [0.1, 0.15) is 0 Å². The third-order valence-electron chi connectivity index (χ3n) is 3.80. The highest BCUT2D eigenvalue weighted by Crippen LogP contribution is 2.32. The summed E-state index contributed by atoms with van der Waals surface area (Å²) in [6.07, 6.45) is 4.50. The minimum atomic E-state index is 0.168. The Morgan fingerprint density at radius 2 is 2.39 bits per heavy atom. The molecule has 1 aromatic rings. The van der Waals surface area contributed by atoms with Gasteiger partial charge in [0.25, 0.3) is 0 Å². The summed E-state index contributed by atoms with van der Waals surface area (Å²) >= 11 is 6.08. The van der Waals surface area contributed by atoms with Gasteiger partial charge in [-0.2, -0.15) is 0 Å². The molecule has 2 saturated heterocycles. The molecule has 2 aliphatic rings. The average molecular weight is 266 g/mol. The van der Waals surface area contributed by atoms with Crippen molar-refractivity contribution in [1.82, 2.24) is 9.88 Å². The summed E-state index contributed by atoms with van der Waals surface area (Å²) in [6, 6.07) is 2.48. The first kappa shape index (κ1) is 11.8. The highest BCUT2D eigenvalue weighted by molar-refractivity contribution is 6.32. The zero-order valence-corrected chi connectivity index (χ0v) is 11.1. The number of aryl methyl sites for hydroxylation is 1. The Labute approximate surface area is 111 Å². The lowest BCUT2D eigenvalue weighted by Crippen LogP contribution is -2.34. The number of hydrogen-bond donors (Lipinski definition) is 1. The maximum atomic E-state index is 11.8. The van der Waals surface area contributed by atoms with Gasteiger partial charge in [0, 0.05) is 19.2 Å². The molecule has 1 N–H and O–H groups in total. The monoisotopic (exact) mass is 265 g/mol. The van der Waals surface area contributed by atoms with E-state index in [9.17, 15) is 4.79 Å². The number of carbonyl (C=O) groups is 1. The second-order valence-electron chi connectivity index (χ2n) is 5.10. The number of fused-ring (bicyclic) bond motifs is 1. The maximum absolute atomic E-state index is 11.8. The fourth-order valence-electron chi connectivity index (χ4n) is 2.96. The van der Waals surface area contributed by atoms with Crippen LogP contribution in [0.2, 0.25) is 5.15 Å². The van der Waals surface area contributed by atoms with Gasteiger partial charge in [-0.3, -0.25) is 4.79 Å². The number of amides is 1. The van der Waals surface area contributed by atoms with Crippen molar-refractivity contribution < 1.29 is 4.79 Å². The van der Waals surface area contributed by atoms with Gasteiger partial charge in [-0.15, -0.1) is 0 Å². The van der Waals surface area contributed by atoms with E-state index in [2.05, 4.69) is 10.3 Å². The molecule has 96 valence electrons. The van der Waals surface area contributed by atoms with Gasteiger partial charge in [0.15, 0.2) is 5.15 Å². The summed E-state index contributed by atoms with van der Waals surface area (Å²) in [5.74, 6) is 0.256. The number of anilines is 1. The number of aromatic nitrogens is 1. The van der Waals surface area contributed by atoms with Gasteiger partial charge in [-0.1, -0.05) is 11.6 Å². The predicted octanol–water partition coefficient (Wildman–Crippen LogP) is 2.22. The van der Waals surface area contributed by atoms with Gasteiger partial charge in [0.05, 0.1) is 17.8 Å². The minimum Gasteiger partial charge on any atom is -0.377 e. The fraction of sp³-hybridized carbons (Fsp3) is 0.538. The first-order chi connectivity index (χ1) is 8.65. The third kappa shape index (κ3) is 1.94. The molecule has 5 heteroatoms. The molecule has 0 spiro atoms. The van der Waals surface area contributed by atoms with E-state index in [-0.39, 0.29) is 11.9 Å². The van der Waals surface area contributed by atoms with Crippen LogP contribution < -0.4 is 5.32 Å². The summed E-state index contributed by atoms with van der Waals surface area (Å²) in [7, 11) is 0. The molecule has 1 amide bonds. The van der Waals surface area contributed by atoms with Gasteiger partial charge in [-0.25, -0.2) is 4.98 Å². The van der Waals surface area contributed by atoms with Crippen molar-refractivity contribution in [3.05, 3.63) is 23.0 Å². The van der Waals surface area contributed by atoms with Crippen LogP contribution >= 0.6 is 11.6 Å². The predicted molar refractivity (Wildman–Crippen MR) is 70.7 cm³/mol. The van der Waals surface area contributed by atoms with Crippen LogP contribution in [-0.2, 0) is 4.79 Å². The molecular weight excluding hydrogens is 250 g/mol. The van der Waals surface area contributed by atoms with E-state index in [1.54, 1.807) is 6.20 Å². The molecule has 0 aliphatic carbocycles. The maximum Gasteiger partial charge on any atom is 0.225 e. The smallest absolute Gasteiger partial charge is 0.225 e. The van der Waals surface area contributed by atoms with Crippen molar-refractivity contribution >= 4 is 23.2 Å². The number of halogens is 1. The van der Waals surface area contributed by atoms with Crippen molar-refractivity contribution in [1.29, 1.82) is 0 Å². The van der Waals surface area contributed by atoms with Crippen LogP contribution in [0.4, 0.5) is 5.69 Å². The summed E-state index contributed by atoms with van der Waals surface area (Å²) < 4.78 is 0. The molecule has 18 heavy (non-hydrogen) atoms. The van der Waals surface area contributed by atoms with Gasteiger partial charge in [-0.05, 0) is 31.4 Å². The molecule has 0 saturated carbocycles. The molecule has 3 rings (SSSR count). The van der Waals surface area contributed by atoms with Crippen molar-refractivity contribution in [2.75, 3.05) is 11.9 Å². The number of rotatable bonds is 2. The van der Waals surface area contributed by atoms with Crippen LogP contribution in [0.1, 0.15) is 24.8 Å². The molecule has 4 nitrogen and oxygen atoms in total. The second-order valence-corrected chi connectivity index (χ2v) is 5.46. The molecule has 3 heterocycles. The number of hydrogen-bond acceptors (Lipinski definition) is 3. The Morgan fingerprint density at radius 1 is 1.56 bits per heavy atom. The van der Waals surface area contributed by atoms with Crippen LogP contribution in [-0.4, -0.2) is 34.4 Å².